The first-order valence-corrected chi connectivity index (χ1v) is 9.53. The van der Waals surface area contributed by atoms with Gasteiger partial charge in [0.05, 0.1) is 0 Å². The summed E-state index contributed by atoms with van der Waals surface area (Å²) in [4.78, 5) is 31.9. The van der Waals surface area contributed by atoms with Gasteiger partial charge in [0, 0.05) is 30.9 Å². The van der Waals surface area contributed by atoms with Crippen molar-refractivity contribution in [3.63, 3.8) is 0 Å². The standard InChI is InChI=1S/C21H25N5O2/c1-15(27)25-17-8-5-9-18(12-17)26-21(28)19-13-20(24-14-23-19)22-11-10-16-6-3-2-4-7-16/h5-6,8-9,12-14H,2-4,7,10-11H2,1H3,(H,25,27)(H,26,28)(H,22,23,24). The molecule has 0 saturated carbocycles. The molecule has 0 atom stereocenters. The summed E-state index contributed by atoms with van der Waals surface area (Å²) in [5.41, 5.74) is 2.96. The summed E-state index contributed by atoms with van der Waals surface area (Å²) < 4.78 is 0. The van der Waals surface area contributed by atoms with Crippen molar-refractivity contribution in [3.05, 3.63) is 54.0 Å². The zero-order valence-corrected chi connectivity index (χ0v) is 16.0. The zero-order valence-electron chi connectivity index (χ0n) is 16.0. The summed E-state index contributed by atoms with van der Waals surface area (Å²) in [5, 5.41) is 8.74. The monoisotopic (exact) mass is 379 g/mol. The van der Waals surface area contributed by atoms with Gasteiger partial charge >= 0.3 is 0 Å². The lowest BCUT2D eigenvalue weighted by Gasteiger charge is -2.13. The van der Waals surface area contributed by atoms with Crippen LogP contribution >= 0.6 is 0 Å². The highest BCUT2D eigenvalue weighted by Gasteiger charge is 2.10. The summed E-state index contributed by atoms with van der Waals surface area (Å²) in [6.45, 7) is 2.22. The molecular formula is C21H25N5O2. The first-order chi connectivity index (χ1) is 13.6. The van der Waals surface area contributed by atoms with Crippen LogP contribution in [0, 0.1) is 0 Å². The quantitative estimate of drug-likeness (QED) is 0.632. The van der Waals surface area contributed by atoms with Gasteiger partial charge in [0.25, 0.3) is 5.91 Å². The number of amides is 2. The van der Waals surface area contributed by atoms with Crippen LogP contribution in [0.1, 0.15) is 49.5 Å². The van der Waals surface area contributed by atoms with Crippen molar-refractivity contribution in [1.82, 2.24) is 9.97 Å². The van der Waals surface area contributed by atoms with Crippen molar-refractivity contribution in [2.75, 3.05) is 22.5 Å². The Labute approximate surface area is 164 Å². The highest BCUT2D eigenvalue weighted by Crippen LogP contribution is 2.20. The average molecular weight is 379 g/mol. The number of hydrogen-bond acceptors (Lipinski definition) is 5. The fourth-order valence-corrected chi connectivity index (χ4v) is 3.13. The highest BCUT2D eigenvalue weighted by molar-refractivity contribution is 6.03. The molecule has 1 aliphatic rings. The van der Waals surface area contributed by atoms with E-state index in [-0.39, 0.29) is 17.5 Å². The molecule has 28 heavy (non-hydrogen) atoms. The van der Waals surface area contributed by atoms with E-state index in [1.165, 1.54) is 44.5 Å². The number of carbonyl (C=O) groups is 2. The van der Waals surface area contributed by atoms with Crippen LogP contribution in [-0.2, 0) is 4.79 Å². The number of rotatable bonds is 7. The third-order valence-electron chi connectivity index (χ3n) is 4.48. The van der Waals surface area contributed by atoms with Crippen molar-refractivity contribution in [1.29, 1.82) is 0 Å². The Morgan fingerprint density at radius 2 is 1.89 bits per heavy atom. The zero-order chi connectivity index (χ0) is 19.8. The van der Waals surface area contributed by atoms with Crippen molar-refractivity contribution in [2.24, 2.45) is 0 Å². The predicted octanol–water partition coefficient (Wildman–Crippen LogP) is 3.99. The van der Waals surface area contributed by atoms with Gasteiger partial charge in [0.2, 0.25) is 5.91 Å². The van der Waals surface area contributed by atoms with Crippen LogP contribution in [0.4, 0.5) is 17.2 Å². The molecule has 0 spiro atoms. The summed E-state index contributed by atoms with van der Waals surface area (Å²) in [5.74, 6) is 0.128. The Bertz CT molecular complexity index is 879. The molecule has 7 heteroatoms. The summed E-state index contributed by atoms with van der Waals surface area (Å²) >= 11 is 0. The van der Waals surface area contributed by atoms with Gasteiger partial charge in [-0.1, -0.05) is 17.7 Å². The van der Waals surface area contributed by atoms with Crippen LogP contribution in [0.25, 0.3) is 0 Å². The maximum absolute atomic E-state index is 12.5. The third kappa shape index (κ3) is 5.90. The molecule has 3 rings (SSSR count). The molecule has 0 aliphatic heterocycles. The molecule has 146 valence electrons. The molecule has 3 N–H and O–H groups in total. The minimum absolute atomic E-state index is 0.168. The number of benzene rings is 1. The fourth-order valence-electron chi connectivity index (χ4n) is 3.13. The number of aromatic nitrogens is 2. The van der Waals surface area contributed by atoms with Crippen molar-refractivity contribution in [3.8, 4) is 0 Å². The molecule has 1 aromatic heterocycles. The van der Waals surface area contributed by atoms with Gasteiger partial charge in [-0.05, 0) is 50.3 Å². The van der Waals surface area contributed by atoms with Crippen LogP contribution in [0.5, 0.6) is 0 Å². The second-order valence-corrected chi connectivity index (χ2v) is 6.79. The largest absolute Gasteiger partial charge is 0.370 e. The number of nitrogens with one attached hydrogen (secondary N) is 3. The third-order valence-corrected chi connectivity index (χ3v) is 4.48. The first-order valence-electron chi connectivity index (χ1n) is 9.53. The second-order valence-electron chi connectivity index (χ2n) is 6.79. The Hall–Kier alpha value is -3.22. The fraction of sp³-hybridized carbons (Fsp3) is 0.333. The number of carbonyl (C=O) groups excluding carboxylic acids is 2. The summed E-state index contributed by atoms with van der Waals surface area (Å²) in [6.07, 6.45) is 9.61. The van der Waals surface area contributed by atoms with Gasteiger partial charge in [-0.25, -0.2) is 9.97 Å². The molecule has 0 radical (unpaired) electrons. The topological polar surface area (TPSA) is 96.0 Å². The van der Waals surface area contributed by atoms with E-state index in [9.17, 15) is 9.59 Å². The number of anilines is 3. The minimum Gasteiger partial charge on any atom is -0.370 e. The van der Waals surface area contributed by atoms with E-state index in [0.29, 0.717) is 17.2 Å². The Kier molecular flexibility index (Phi) is 6.73. The number of allylic oxidation sites excluding steroid dienone is 1. The summed E-state index contributed by atoms with van der Waals surface area (Å²) in [7, 11) is 0. The van der Waals surface area contributed by atoms with Gasteiger partial charge in [0.15, 0.2) is 0 Å². The average Bonchev–Trinajstić information content (AvgIpc) is 2.69. The molecule has 0 saturated heterocycles. The molecular weight excluding hydrogens is 354 g/mol. The lowest BCUT2D eigenvalue weighted by Crippen LogP contribution is -2.15. The minimum atomic E-state index is -0.333. The van der Waals surface area contributed by atoms with Crippen LogP contribution in [-0.4, -0.2) is 28.3 Å². The van der Waals surface area contributed by atoms with E-state index in [1.807, 2.05) is 0 Å². The molecule has 0 fully saturated rings. The molecule has 2 aromatic rings. The molecule has 1 aliphatic carbocycles. The van der Waals surface area contributed by atoms with E-state index >= 15 is 0 Å². The van der Waals surface area contributed by atoms with Crippen LogP contribution in [0.2, 0.25) is 0 Å². The first kappa shape index (κ1) is 19.5. The highest BCUT2D eigenvalue weighted by atomic mass is 16.2. The Balaban J connectivity index is 1.57. The molecule has 7 nitrogen and oxygen atoms in total. The van der Waals surface area contributed by atoms with Crippen molar-refractivity contribution >= 4 is 29.0 Å². The van der Waals surface area contributed by atoms with Crippen molar-refractivity contribution in [2.45, 2.75) is 39.0 Å². The summed E-state index contributed by atoms with van der Waals surface area (Å²) in [6, 6.07) is 8.60. The molecule has 1 aromatic carbocycles. The molecule has 2 amide bonds. The predicted molar refractivity (Wildman–Crippen MR) is 110 cm³/mol. The maximum Gasteiger partial charge on any atom is 0.274 e. The lowest BCUT2D eigenvalue weighted by atomic mass is 9.97. The Morgan fingerprint density at radius 1 is 1.07 bits per heavy atom. The maximum atomic E-state index is 12.5. The molecule has 1 heterocycles. The number of hydrogen-bond donors (Lipinski definition) is 3. The van der Waals surface area contributed by atoms with Crippen LogP contribution < -0.4 is 16.0 Å². The van der Waals surface area contributed by atoms with E-state index in [0.717, 1.165) is 13.0 Å². The van der Waals surface area contributed by atoms with Gasteiger partial charge in [-0.3, -0.25) is 9.59 Å². The van der Waals surface area contributed by atoms with Gasteiger partial charge in [0.1, 0.15) is 17.8 Å². The lowest BCUT2D eigenvalue weighted by molar-refractivity contribution is -0.114. The van der Waals surface area contributed by atoms with E-state index in [1.54, 1.807) is 30.3 Å². The van der Waals surface area contributed by atoms with E-state index in [2.05, 4.69) is 32.0 Å². The second kappa shape index (κ2) is 9.64. The van der Waals surface area contributed by atoms with Gasteiger partial charge < -0.3 is 16.0 Å². The van der Waals surface area contributed by atoms with E-state index < -0.39 is 0 Å². The van der Waals surface area contributed by atoms with Gasteiger partial charge in [-0.2, -0.15) is 0 Å². The number of nitrogens with zero attached hydrogens (tertiary/aromatic N) is 2. The van der Waals surface area contributed by atoms with Crippen LogP contribution in [0.3, 0.4) is 0 Å². The molecule has 0 bridgehead atoms. The smallest absolute Gasteiger partial charge is 0.274 e. The van der Waals surface area contributed by atoms with E-state index in [4.69, 9.17) is 0 Å². The van der Waals surface area contributed by atoms with Gasteiger partial charge in [-0.15, -0.1) is 0 Å². The Morgan fingerprint density at radius 3 is 2.64 bits per heavy atom. The molecule has 0 unspecified atom stereocenters. The van der Waals surface area contributed by atoms with Crippen molar-refractivity contribution < 1.29 is 9.59 Å². The van der Waals surface area contributed by atoms with Crippen LogP contribution in [0.15, 0.2) is 48.3 Å². The SMILES string of the molecule is CC(=O)Nc1cccc(NC(=O)c2cc(NCCC3=CCCCC3)ncn2)c1. The normalized spacial score (nSPS) is 13.4.